The third kappa shape index (κ3) is 4.67. The molecule has 1 aromatic heterocycles. The van der Waals surface area contributed by atoms with Crippen LogP contribution in [0.2, 0.25) is 0 Å². The van der Waals surface area contributed by atoms with Crippen molar-refractivity contribution < 1.29 is 9.59 Å². The number of aryl methyl sites for hydroxylation is 1. The number of benzene rings is 2. The summed E-state index contributed by atoms with van der Waals surface area (Å²) in [5.74, 6) is -0.0223. The predicted molar refractivity (Wildman–Crippen MR) is 120 cm³/mol. The van der Waals surface area contributed by atoms with Gasteiger partial charge in [0.1, 0.15) is 0 Å². The summed E-state index contributed by atoms with van der Waals surface area (Å²) in [4.78, 5) is 29.2. The summed E-state index contributed by atoms with van der Waals surface area (Å²) in [6.07, 6.45) is 0. The first-order chi connectivity index (χ1) is 15.0. The molecule has 0 radical (unpaired) electrons. The van der Waals surface area contributed by atoms with Crippen LogP contribution in [0.3, 0.4) is 0 Å². The second-order valence-corrected chi connectivity index (χ2v) is 7.78. The average molecular weight is 418 g/mol. The van der Waals surface area contributed by atoms with E-state index < -0.39 is 0 Å². The quantitative estimate of drug-likeness (QED) is 0.693. The molecule has 0 unspecified atom stereocenters. The van der Waals surface area contributed by atoms with E-state index >= 15 is 0 Å². The lowest BCUT2D eigenvalue weighted by molar-refractivity contribution is -0.117. The maximum absolute atomic E-state index is 12.7. The number of nitrogens with one attached hydrogen (secondary N) is 1. The number of piperazine rings is 1. The number of anilines is 1. The van der Waals surface area contributed by atoms with Crippen molar-refractivity contribution in [3.05, 3.63) is 77.6 Å². The van der Waals surface area contributed by atoms with Gasteiger partial charge in [0.05, 0.1) is 29.3 Å². The van der Waals surface area contributed by atoms with Crippen LogP contribution in [0.4, 0.5) is 5.69 Å². The fourth-order valence-electron chi connectivity index (χ4n) is 3.90. The van der Waals surface area contributed by atoms with E-state index in [0.717, 1.165) is 22.8 Å². The van der Waals surface area contributed by atoms with Gasteiger partial charge >= 0.3 is 0 Å². The van der Waals surface area contributed by atoms with Crippen LogP contribution in [0.15, 0.2) is 60.7 Å². The number of carbonyl (C=O) groups is 2. The molecule has 0 aliphatic carbocycles. The summed E-state index contributed by atoms with van der Waals surface area (Å²) in [5, 5.41) is 7.61. The molecule has 2 heterocycles. The number of hydrogen-bond acceptors (Lipinski definition) is 4. The number of rotatable bonds is 5. The molecule has 3 aromatic rings. The molecule has 1 fully saturated rings. The van der Waals surface area contributed by atoms with Gasteiger partial charge in [-0.3, -0.25) is 14.5 Å². The van der Waals surface area contributed by atoms with E-state index in [1.54, 1.807) is 0 Å². The fourth-order valence-corrected chi connectivity index (χ4v) is 3.90. The van der Waals surface area contributed by atoms with E-state index in [-0.39, 0.29) is 11.8 Å². The lowest BCUT2D eigenvalue weighted by Gasteiger charge is -2.34. The summed E-state index contributed by atoms with van der Waals surface area (Å²) in [6, 6.07) is 19.2. The normalized spacial score (nSPS) is 14.5. The zero-order valence-electron chi connectivity index (χ0n) is 17.9. The van der Waals surface area contributed by atoms with Gasteiger partial charge in [0.2, 0.25) is 5.91 Å². The Morgan fingerprint density at radius 1 is 0.903 bits per heavy atom. The first-order valence-electron chi connectivity index (χ1n) is 10.5. The lowest BCUT2D eigenvalue weighted by Crippen LogP contribution is -2.50. The number of amides is 2. The van der Waals surface area contributed by atoms with Crippen LogP contribution >= 0.6 is 0 Å². The smallest absolute Gasteiger partial charge is 0.253 e. The van der Waals surface area contributed by atoms with Gasteiger partial charge in [-0.25, -0.2) is 4.68 Å². The molecule has 4 rings (SSSR count). The molecule has 1 aliphatic heterocycles. The Balaban J connectivity index is 1.33. The first-order valence-corrected chi connectivity index (χ1v) is 10.5. The molecular weight excluding hydrogens is 390 g/mol. The zero-order valence-corrected chi connectivity index (χ0v) is 17.9. The van der Waals surface area contributed by atoms with Gasteiger partial charge in [-0.15, -0.1) is 0 Å². The molecule has 1 N–H and O–H groups in total. The Morgan fingerprint density at radius 2 is 1.52 bits per heavy atom. The molecule has 7 heteroatoms. The van der Waals surface area contributed by atoms with Crippen molar-refractivity contribution >= 4 is 17.5 Å². The van der Waals surface area contributed by atoms with Crippen LogP contribution in [-0.4, -0.2) is 64.1 Å². The van der Waals surface area contributed by atoms with Crippen LogP contribution in [0.5, 0.6) is 0 Å². The Labute approximate surface area is 182 Å². The number of hydrogen-bond donors (Lipinski definition) is 1. The second kappa shape index (κ2) is 9.14. The Hall–Kier alpha value is -3.45. The van der Waals surface area contributed by atoms with Gasteiger partial charge < -0.3 is 10.2 Å². The molecule has 1 aliphatic rings. The van der Waals surface area contributed by atoms with Gasteiger partial charge in [-0.2, -0.15) is 5.10 Å². The fraction of sp³-hybridized carbons (Fsp3) is 0.292. The van der Waals surface area contributed by atoms with Gasteiger partial charge in [-0.1, -0.05) is 36.4 Å². The van der Waals surface area contributed by atoms with E-state index in [1.165, 1.54) is 0 Å². The molecule has 7 nitrogen and oxygen atoms in total. The number of carbonyl (C=O) groups excluding carboxylic acids is 2. The summed E-state index contributed by atoms with van der Waals surface area (Å²) in [5.41, 5.74) is 4.10. The highest BCUT2D eigenvalue weighted by atomic mass is 16.2. The largest absolute Gasteiger partial charge is 0.336 e. The molecule has 0 saturated carbocycles. The Morgan fingerprint density at radius 3 is 2.16 bits per heavy atom. The second-order valence-electron chi connectivity index (χ2n) is 7.78. The molecule has 0 bridgehead atoms. The van der Waals surface area contributed by atoms with Crippen molar-refractivity contribution in [1.29, 1.82) is 0 Å². The monoisotopic (exact) mass is 417 g/mol. The maximum Gasteiger partial charge on any atom is 0.253 e. The van der Waals surface area contributed by atoms with Gasteiger partial charge in [0.25, 0.3) is 5.91 Å². The molecular formula is C24H27N5O2. The molecule has 0 atom stereocenters. The van der Waals surface area contributed by atoms with Crippen molar-refractivity contribution in [2.24, 2.45) is 0 Å². The maximum atomic E-state index is 12.7. The average Bonchev–Trinajstić information content (AvgIpc) is 3.08. The topological polar surface area (TPSA) is 70.5 Å². The summed E-state index contributed by atoms with van der Waals surface area (Å²) < 4.78 is 1.85. The third-order valence-electron chi connectivity index (χ3n) is 5.60. The highest BCUT2D eigenvalue weighted by Crippen LogP contribution is 2.22. The Kier molecular flexibility index (Phi) is 6.13. The number of nitrogens with zero attached hydrogens (tertiary/aromatic N) is 4. The van der Waals surface area contributed by atoms with Crippen LogP contribution in [0.1, 0.15) is 21.7 Å². The minimum atomic E-state index is -0.0679. The van der Waals surface area contributed by atoms with Gasteiger partial charge in [0, 0.05) is 31.7 Å². The van der Waals surface area contributed by atoms with Crippen molar-refractivity contribution in [1.82, 2.24) is 19.6 Å². The van der Waals surface area contributed by atoms with E-state index in [1.807, 2.05) is 84.1 Å². The first kappa shape index (κ1) is 20.8. The van der Waals surface area contributed by atoms with Crippen molar-refractivity contribution in [3.8, 4) is 5.69 Å². The summed E-state index contributed by atoms with van der Waals surface area (Å²) in [7, 11) is 0. The predicted octanol–water partition coefficient (Wildman–Crippen LogP) is 2.89. The highest BCUT2D eigenvalue weighted by Gasteiger charge is 2.24. The minimum absolute atomic E-state index is 0.0456. The Bertz CT molecular complexity index is 1050. The molecule has 2 amide bonds. The van der Waals surface area contributed by atoms with Crippen LogP contribution in [-0.2, 0) is 4.79 Å². The van der Waals surface area contributed by atoms with E-state index in [9.17, 15) is 9.59 Å². The molecule has 31 heavy (non-hydrogen) atoms. The van der Waals surface area contributed by atoms with E-state index in [4.69, 9.17) is 0 Å². The standard InChI is InChI=1S/C24H27N5O2/c1-18-23(19(2)29(26-18)21-11-7-4-8-12-21)25-22(30)17-27-13-15-28(16-14-27)24(31)20-9-5-3-6-10-20/h3-12H,13-17H2,1-2H3,(H,25,30). The van der Waals surface area contributed by atoms with Crippen molar-refractivity contribution in [2.45, 2.75) is 13.8 Å². The molecule has 1 saturated heterocycles. The number of aromatic nitrogens is 2. The van der Waals surface area contributed by atoms with Gasteiger partial charge in [-0.05, 0) is 38.1 Å². The third-order valence-corrected chi connectivity index (χ3v) is 5.60. The summed E-state index contributed by atoms with van der Waals surface area (Å²) >= 11 is 0. The SMILES string of the molecule is Cc1nn(-c2ccccc2)c(C)c1NC(=O)CN1CCN(C(=O)c2ccccc2)CC1. The van der Waals surface area contributed by atoms with Crippen LogP contribution < -0.4 is 5.32 Å². The zero-order chi connectivity index (χ0) is 21.8. The highest BCUT2D eigenvalue weighted by molar-refractivity contribution is 5.94. The molecule has 2 aromatic carbocycles. The van der Waals surface area contributed by atoms with E-state index in [2.05, 4.69) is 15.3 Å². The van der Waals surface area contributed by atoms with Crippen LogP contribution in [0, 0.1) is 13.8 Å². The van der Waals surface area contributed by atoms with E-state index in [0.29, 0.717) is 38.3 Å². The molecule has 160 valence electrons. The molecule has 0 spiro atoms. The van der Waals surface area contributed by atoms with Crippen molar-refractivity contribution in [2.75, 3.05) is 38.0 Å². The number of para-hydroxylation sites is 1. The van der Waals surface area contributed by atoms with Crippen LogP contribution in [0.25, 0.3) is 5.69 Å². The minimum Gasteiger partial charge on any atom is -0.336 e. The van der Waals surface area contributed by atoms with Gasteiger partial charge in [0.15, 0.2) is 0 Å². The summed E-state index contributed by atoms with van der Waals surface area (Å²) in [6.45, 7) is 6.73. The lowest BCUT2D eigenvalue weighted by atomic mass is 10.2. The van der Waals surface area contributed by atoms with Crippen molar-refractivity contribution in [3.63, 3.8) is 0 Å².